The van der Waals surface area contributed by atoms with E-state index in [1.54, 1.807) is 6.92 Å². The molecule has 1 amide bonds. The third-order valence-corrected chi connectivity index (χ3v) is 2.98. The molecule has 0 aromatic heterocycles. The van der Waals surface area contributed by atoms with Crippen LogP contribution in [0.3, 0.4) is 0 Å². The van der Waals surface area contributed by atoms with Crippen molar-refractivity contribution in [1.29, 1.82) is 0 Å². The second kappa shape index (κ2) is 6.35. The van der Waals surface area contributed by atoms with Gasteiger partial charge in [-0.25, -0.2) is 8.78 Å². The van der Waals surface area contributed by atoms with Crippen LogP contribution in [0.15, 0.2) is 42.5 Å². The third kappa shape index (κ3) is 4.02. The lowest BCUT2D eigenvalue weighted by Crippen LogP contribution is -2.32. The molecule has 0 aliphatic rings. The Balaban J connectivity index is 2.02. The molecule has 0 spiro atoms. The van der Waals surface area contributed by atoms with E-state index in [9.17, 15) is 13.6 Å². The molecule has 3 nitrogen and oxygen atoms in total. The van der Waals surface area contributed by atoms with Gasteiger partial charge in [-0.3, -0.25) is 4.79 Å². The van der Waals surface area contributed by atoms with Crippen LogP contribution in [0.25, 0.3) is 0 Å². The Kier molecular flexibility index (Phi) is 4.52. The van der Waals surface area contributed by atoms with Crippen molar-refractivity contribution in [2.45, 2.75) is 19.9 Å². The summed E-state index contributed by atoms with van der Waals surface area (Å²) in [7, 11) is 0. The van der Waals surface area contributed by atoms with Crippen LogP contribution >= 0.6 is 0 Å². The van der Waals surface area contributed by atoms with Crippen molar-refractivity contribution in [2.24, 2.45) is 0 Å². The molecule has 0 radical (unpaired) electrons. The quantitative estimate of drug-likeness (QED) is 0.901. The number of carbonyl (C=O) groups is 1. The van der Waals surface area contributed by atoms with Crippen LogP contribution in [0.5, 0.6) is 0 Å². The fraction of sp³-hybridized carbons (Fsp3) is 0.188. The van der Waals surface area contributed by atoms with E-state index in [0.717, 1.165) is 23.4 Å². The summed E-state index contributed by atoms with van der Waals surface area (Å²) in [5.74, 6) is -1.88. The zero-order valence-corrected chi connectivity index (χ0v) is 11.8. The molecule has 21 heavy (non-hydrogen) atoms. The third-order valence-electron chi connectivity index (χ3n) is 2.98. The van der Waals surface area contributed by atoms with Crippen molar-refractivity contribution in [3.63, 3.8) is 0 Å². The first kappa shape index (κ1) is 15.0. The number of nitrogens with one attached hydrogen (secondary N) is 2. The van der Waals surface area contributed by atoms with Gasteiger partial charge in [-0.1, -0.05) is 12.1 Å². The summed E-state index contributed by atoms with van der Waals surface area (Å²) in [6.07, 6.45) is 0. The highest BCUT2D eigenvalue weighted by Gasteiger charge is 2.15. The molecule has 2 aromatic carbocycles. The van der Waals surface area contributed by atoms with Crippen molar-refractivity contribution in [3.05, 3.63) is 59.7 Å². The van der Waals surface area contributed by atoms with Crippen LogP contribution in [0.2, 0.25) is 0 Å². The van der Waals surface area contributed by atoms with E-state index in [1.807, 2.05) is 31.2 Å². The molecule has 0 aliphatic carbocycles. The zero-order valence-electron chi connectivity index (χ0n) is 11.8. The van der Waals surface area contributed by atoms with E-state index in [1.165, 1.54) is 6.07 Å². The van der Waals surface area contributed by atoms with Crippen LogP contribution in [0, 0.1) is 18.6 Å². The van der Waals surface area contributed by atoms with Gasteiger partial charge in [0.2, 0.25) is 5.91 Å². The maximum Gasteiger partial charge on any atom is 0.246 e. The molecule has 2 N–H and O–H groups in total. The van der Waals surface area contributed by atoms with Gasteiger partial charge in [-0.05, 0) is 43.7 Å². The number of hydrogen-bond donors (Lipinski definition) is 2. The molecule has 5 heteroatoms. The Morgan fingerprint density at radius 2 is 1.90 bits per heavy atom. The largest absolute Gasteiger partial charge is 0.374 e. The Labute approximate surface area is 122 Å². The van der Waals surface area contributed by atoms with Gasteiger partial charge in [0, 0.05) is 11.8 Å². The molecule has 0 saturated carbocycles. The van der Waals surface area contributed by atoms with Crippen molar-refractivity contribution in [3.8, 4) is 0 Å². The number of rotatable bonds is 4. The molecule has 110 valence electrons. The van der Waals surface area contributed by atoms with E-state index in [4.69, 9.17) is 0 Å². The van der Waals surface area contributed by atoms with Crippen molar-refractivity contribution >= 4 is 17.3 Å². The highest BCUT2D eigenvalue weighted by Crippen LogP contribution is 2.16. The Bertz CT molecular complexity index is 658. The maximum atomic E-state index is 13.5. The van der Waals surface area contributed by atoms with Crippen LogP contribution in [0.1, 0.15) is 12.5 Å². The van der Waals surface area contributed by atoms with Gasteiger partial charge in [0.15, 0.2) is 0 Å². The van der Waals surface area contributed by atoms with E-state index in [-0.39, 0.29) is 5.69 Å². The highest BCUT2D eigenvalue weighted by molar-refractivity contribution is 5.96. The molecule has 0 fully saturated rings. The predicted octanol–water partition coefficient (Wildman–Crippen LogP) is 3.71. The molecule has 1 unspecified atom stereocenters. The number of hydrogen-bond acceptors (Lipinski definition) is 2. The summed E-state index contributed by atoms with van der Waals surface area (Å²) in [5.41, 5.74) is 1.83. The smallest absolute Gasteiger partial charge is 0.246 e. The van der Waals surface area contributed by atoms with Gasteiger partial charge in [0.05, 0.1) is 5.69 Å². The number of anilines is 2. The zero-order chi connectivity index (χ0) is 15.4. The normalized spacial score (nSPS) is 11.8. The van der Waals surface area contributed by atoms with Crippen LogP contribution < -0.4 is 10.6 Å². The molecule has 1 atom stereocenters. The average Bonchev–Trinajstić information content (AvgIpc) is 2.41. The average molecular weight is 290 g/mol. The standard InChI is InChI=1S/C16H16F2N2O/c1-10-4-3-5-13(8-10)19-11(2)16(21)20-15-7-6-12(17)9-14(15)18/h3-9,11,19H,1-2H3,(H,20,21). The summed E-state index contributed by atoms with van der Waals surface area (Å²) in [5, 5.41) is 5.45. The van der Waals surface area contributed by atoms with Gasteiger partial charge in [0.25, 0.3) is 0 Å². The van der Waals surface area contributed by atoms with Gasteiger partial charge in [-0.2, -0.15) is 0 Å². The monoisotopic (exact) mass is 290 g/mol. The van der Waals surface area contributed by atoms with Gasteiger partial charge < -0.3 is 10.6 Å². The minimum Gasteiger partial charge on any atom is -0.374 e. The van der Waals surface area contributed by atoms with E-state index in [2.05, 4.69) is 10.6 Å². The number of carbonyl (C=O) groups excluding carboxylic acids is 1. The second-order valence-electron chi connectivity index (χ2n) is 4.85. The molecule has 0 saturated heterocycles. The lowest BCUT2D eigenvalue weighted by atomic mass is 10.2. The fourth-order valence-corrected chi connectivity index (χ4v) is 1.88. The maximum absolute atomic E-state index is 13.5. The molecule has 0 heterocycles. The molecule has 0 bridgehead atoms. The van der Waals surface area contributed by atoms with Crippen molar-refractivity contribution in [2.75, 3.05) is 10.6 Å². The number of benzene rings is 2. The minimum absolute atomic E-state index is 0.0423. The van der Waals surface area contributed by atoms with Crippen molar-refractivity contribution in [1.82, 2.24) is 0 Å². The molecular weight excluding hydrogens is 274 g/mol. The molecule has 2 rings (SSSR count). The number of aryl methyl sites for hydroxylation is 1. The van der Waals surface area contributed by atoms with Crippen LogP contribution in [0.4, 0.5) is 20.2 Å². The van der Waals surface area contributed by atoms with E-state index < -0.39 is 23.6 Å². The first-order valence-electron chi connectivity index (χ1n) is 6.55. The Hall–Kier alpha value is -2.43. The first-order valence-corrected chi connectivity index (χ1v) is 6.55. The van der Waals surface area contributed by atoms with E-state index >= 15 is 0 Å². The molecule has 0 aliphatic heterocycles. The predicted molar refractivity (Wildman–Crippen MR) is 79.3 cm³/mol. The fourth-order valence-electron chi connectivity index (χ4n) is 1.88. The van der Waals surface area contributed by atoms with Crippen LogP contribution in [-0.4, -0.2) is 11.9 Å². The van der Waals surface area contributed by atoms with Gasteiger partial charge in [0.1, 0.15) is 17.7 Å². The minimum atomic E-state index is -0.800. The van der Waals surface area contributed by atoms with E-state index in [0.29, 0.717) is 0 Å². The Morgan fingerprint density at radius 3 is 2.57 bits per heavy atom. The number of halogens is 2. The molecular formula is C16H16F2N2O. The topological polar surface area (TPSA) is 41.1 Å². The Morgan fingerprint density at radius 1 is 1.14 bits per heavy atom. The SMILES string of the molecule is Cc1cccc(NC(C)C(=O)Nc2ccc(F)cc2F)c1. The summed E-state index contributed by atoms with van der Waals surface area (Å²) in [4.78, 5) is 12.0. The van der Waals surface area contributed by atoms with Crippen molar-refractivity contribution < 1.29 is 13.6 Å². The first-order chi connectivity index (χ1) is 9.95. The lowest BCUT2D eigenvalue weighted by molar-refractivity contribution is -0.116. The highest BCUT2D eigenvalue weighted by atomic mass is 19.1. The summed E-state index contributed by atoms with van der Waals surface area (Å²) >= 11 is 0. The molecule has 2 aromatic rings. The number of amides is 1. The van der Waals surface area contributed by atoms with Crippen LogP contribution in [-0.2, 0) is 4.79 Å². The summed E-state index contributed by atoms with van der Waals surface area (Å²) in [6, 6.07) is 10.0. The van der Waals surface area contributed by atoms with Gasteiger partial charge in [-0.15, -0.1) is 0 Å². The summed E-state index contributed by atoms with van der Waals surface area (Å²) < 4.78 is 26.3. The lowest BCUT2D eigenvalue weighted by Gasteiger charge is -2.16. The summed E-state index contributed by atoms with van der Waals surface area (Å²) in [6.45, 7) is 3.61. The van der Waals surface area contributed by atoms with Gasteiger partial charge >= 0.3 is 0 Å². The second-order valence-corrected chi connectivity index (χ2v) is 4.85.